The van der Waals surface area contributed by atoms with Crippen LogP contribution in [-0.4, -0.2) is 30.9 Å². The molecular formula is C21H29NO5. The Morgan fingerprint density at radius 3 is 2.37 bits per heavy atom. The van der Waals surface area contributed by atoms with Crippen molar-refractivity contribution < 1.29 is 23.5 Å². The van der Waals surface area contributed by atoms with Gasteiger partial charge in [0.25, 0.3) is 0 Å². The minimum Gasteiger partial charge on any atom is -0.469 e. The van der Waals surface area contributed by atoms with Gasteiger partial charge in [-0.05, 0) is 38.8 Å². The molecule has 0 aromatic carbocycles. The summed E-state index contributed by atoms with van der Waals surface area (Å²) in [4.78, 5) is 30.0. The highest BCUT2D eigenvalue weighted by atomic mass is 16.5. The monoisotopic (exact) mass is 375 g/mol. The molecule has 0 amide bonds. The number of unbranched alkanes of at least 4 members (excludes halogenated alkanes) is 2. The van der Waals surface area contributed by atoms with E-state index in [9.17, 15) is 9.59 Å². The van der Waals surface area contributed by atoms with Gasteiger partial charge in [0.1, 0.15) is 11.7 Å². The lowest BCUT2D eigenvalue weighted by molar-refractivity contribution is -0.147. The number of nitrogens with zero attached hydrogens (tertiary/aromatic N) is 1. The van der Waals surface area contributed by atoms with E-state index in [0.717, 1.165) is 25.7 Å². The first-order valence-corrected chi connectivity index (χ1v) is 9.64. The molecule has 2 rings (SSSR count). The fourth-order valence-corrected chi connectivity index (χ4v) is 3.18. The van der Waals surface area contributed by atoms with Crippen LogP contribution in [0.2, 0.25) is 0 Å². The van der Waals surface area contributed by atoms with Crippen molar-refractivity contribution in [1.82, 2.24) is 0 Å². The van der Waals surface area contributed by atoms with Gasteiger partial charge in [0.15, 0.2) is 0 Å². The lowest BCUT2D eigenvalue weighted by Gasteiger charge is -2.30. The van der Waals surface area contributed by atoms with Gasteiger partial charge < -0.3 is 13.9 Å². The average Bonchev–Trinajstić information content (AvgIpc) is 3.15. The van der Waals surface area contributed by atoms with Crippen molar-refractivity contribution in [2.45, 2.75) is 59.3 Å². The van der Waals surface area contributed by atoms with E-state index in [1.807, 2.05) is 13.8 Å². The van der Waals surface area contributed by atoms with E-state index >= 15 is 0 Å². The molecule has 0 saturated heterocycles. The van der Waals surface area contributed by atoms with Crippen LogP contribution in [0.1, 0.15) is 65.1 Å². The highest BCUT2D eigenvalue weighted by Gasteiger charge is 2.43. The lowest BCUT2D eigenvalue weighted by Crippen LogP contribution is -2.36. The quantitative estimate of drug-likeness (QED) is 0.472. The Bertz CT molecular complexity index is 702. The van der Waals surface area contributed by atoms with Gasteiger partial charge >= 0.3 is 11.9 Å². The second kappa shape index (κ2) is 10.1. The van der Waals surface area contributed by atoms with Gasteiger partial charge in [-0.2, -0.15) is 0 Å². The topological polar surface area (TPSA) is 78.1 Å². The number of carbonyl (C=O) groups excluding carboxylic acids is 2. The smallest absolute Gasteiger partial charge is 0.336 e. The fraction of sp³-hybridized carbons (Fsp3) is 0.571. The number of ether oxygens (including phenoxy) is 2. The molecule has 27 heavy (non-hydrogen) atoms. The van der Waals surface area contributed by atoms with Crippen molar-refractivity contribution in [1.29, 1.82) is 0 Å². The zero-order valence-electron chi connectivity index (χ0n) is 16.6. The molecule has 2 atom stereocenters. The number of hydrogen-bond acceptors (Lipinski definition) is 6. The predicted octanol–water partition coefficient (Wildman–Crippen LogP) is 4.41. The number of carbonyl (C=O) groups is 2. The molecular weight excluding hydrogens is 346 g/mol. The summed E-state index contributed by atoms with van der Waals surface area (Å²) in [5.74, 6) is -1.61. The van der Waals surface area contributed by atoms with Crippen molar-refractivity contribution in [3.8, 4) is 0 Å². The zero-order valence-corrected chi connectivity index (χ0v) is 16.6. The largest absolute Gasteiger partial charge is 0.469 e. The molecule has 1 unspecified atom stereocenters. The second-order valence-electron chi connectivity index (χ2n) is 6.73. The molecule has 2 heterocycles. The van der Waals surface area contributed by atoms with Gasteiger partial charge in [-0.3, -0.25) is 9.79 Å². The van der Waals surface area contributed by atoms with Crippen molar-refractivity contribution in [3.63, 3.8) is 0 Å². The van der Waals surface area contributed by atoms with Gasteiger partial charge in [-0.15, -0.1) is 0 Å². The van der Waals surface area contributed by atoms with Crippen molar-refractivity contribution >= 4 is 17.7 Å². The molecule has 0 N–H and O–H groups in total. The first kappa shape index (κ1) is 20.9. The van der Waals surface area contributed by atoms with E-state index in [1.165, 1.54) is 6.26 Å². The first-order valence-electron chi connectivity index (χ1n) is 9.64. The minimum absolute atomic E-state index is 0.339. The van der Waals surface area contributed by atoms with Crippen molar-refractivity contribution in [2.75, 3.05) is 13.2 Å². The van der Waals surface area contributed by atoms with Gasteiger partial charge in [0.05, 0.1) is 31.0 Å². The number of aliphatic imine (C=N–C) groups is 1. The van der Waals surface area contributed by atoms with Crippen LogP contribution in [-0.2, 0) is 19.1 Å². The highest BCUT2D eigenvalue weighted by molar-refractivity contribution is 6.06. The summed E-state index contributed by atoms with van der Waals surface area (Å²) in [6, 6.07) is 3.51. The van der Waals surface area contributed by atoms with Crippen LogP contribution in [0.3, 0.4) is 0 Å². The van der Waals surface area contributed by atoms with Gasteiger partial charge in [-0.1, -0.05) is 26.7 Å². The fourth-order valence-electron chi connectivity index (χ4n) is 3.18. The molecule has 1 aliphatic rings. The van der Waals surface area contributed by atoms with Crippen LogP contribution in [0, 0.1) is 5.92 Å². The first-order chi connectivity index (χ1) is 13.0. The molecule has 148 valence electrons. The van der Waals surface area contributed by atoms with Crippen LogP contribution in [0.15, 0.2) is 39.1 Å². The summed E-state index contributed by atoms with van der Waals surface area (Å²) >= 11 is 0. The normalized spacial score (nSPS) is 19.6. The third kappa shape index (κ3) is 5.08. The maximum Gasteiger partial charge on any atom is 0.336 e. The Kier molecular flexibility index (Phi) is 7.82. The molecule has 0 aliphatic carbocycles. The molecule has 0 saturated carbocycles. The molecule has 1 aromatic rings. The van der Waals surface area contributed by atoms with E-state index in [-0.39, 0.29) is 0 Å². The van der Waals surface area contributed by atoms with Gasteiger partial charge in [0.2, 0.25) is 0 Å². The van der Waals surface area contributed by atoms with Crippen LogP contribution >= 0.6 is 0 Å². The standard InChI is InChI=1S/C21H29NO5/c1-5-7-11-26-20(23)17-14(3)22-15(4)18(21(24)27-12-8-6-2)19(17)16-10-9-13-25-16/h9-10,13,17,19H,5-8,11-12H2,1-4H3/t17?,19-/m1/s1. The Hall–Kier alpha value is -2.37. The van der Waals surface area contributed by atoms with E-state index in [4.69, 9.17) is 13.9 Å². The van der Waals surface area contributed by atoms with Crippen LogP contribution in [0.5, 0.6) is 0 Å². The molecule has 1 aliphatic heterocycles. The summed E-state index contributed by atoms with van der Waals surface area (Å²) < 4.78 is 16.4. The Morgan fingerprint density at radius 2 is 1.78 bits per heavy atom. The number of rotatable bonds is 9. The van der Waals surface area contributed by atoms with E-state index in [1.54, 1.807) is 26.0 Å². The summed E-state index contributed by atoms with van der Waals surface area (Å²) in [6.07, 6.45) is 4.97. The maximum absolute atomic E-state index is 12.8. The van der Waals surface area contributed by atoms with Crippen molar-refractivity contribution in [3.05, 3.63) is 35.4 Å². The lowest BCUT2D eigenvalue weighted by atomic mass is 9.78. The SMILES string of the molecule is CCCCOC(=O)C1=C(C)N=C(C)C(C(=O)OCCCC)[C@H]1c1ccco1. The third-order valence-corrected chi connectivity index (χ3v) is 4.63. The number of furan rings is 1. The van der Waals surface area contributed by atoms with Gasteiger partial charge in [0, 0.05) is 11.4 Å². The van der Waals surface area contributed by atoms with Crippen LogP contribution in [0.25, 0.3) is 0 Å². The summed E-state index contributed by atoms with van der Waals surface area (Å²) in [5.41, 5.74) is 1.53. The molecule has 0 fully saturated rings. The molecule has 0 radical (unpaired) electrons. The number of allylic oxidation sites excluding steroid dienone is 1. The van der Waals surface area contributed by atoms with E-state index in [0.29, 0.717) is 36.0 Å². The average molecular weight is 375 g/mol. The third-order valence-electron chi connectivity index (χ3n) is 4.63. The predicted molar refractivity (Wildman–Crippen MR) is 102 cm³/mol. The minimum atomic E-state index is -0.703. The molecule has 0 spiro atoms. The summed E-state index contributed by atoms with van der Waals surface area (Å²) in [6.45, 7) is 8.29. The van der Waals surface area contributed by atoms with Gasteiger partial charge in [-0.25, -0.2) is 4.79 Å². The Balaban J connectivity index is 2.36. The Morgan fingerprint density at radius 1 is 1.11 bits per heavy atom. The molecule has 0 bridgehead atoms. The summed E-state index contributed by atoms with van der Waals surface area (Å²) in [5, 5.41) is 0. The number of esters is 2. The second-order valence-corrected chi connectivity index (χ2v) is 6.73. The van der Waals surface area contributed by atoms with Crippen molar-refractivity contribution in [2.24, 2.45) is 10.9 Å². The summed E-state index contributed by atoms with van der Waals surface area (Å²) in [7, 11) is 0. The zero-order chi connectivity index (χ0) is 19.8. The Labute approximate surface area is 160 Å². The van der Waals surface area contributed by atoms with E-state index in [2.05, 4.69) is 4.99 Å². The van der Waals surface area contributed by atoms with Crippen LogP contribution in [0.4, 0.5) is 0 Å². The van der Waals surface area contributed by atoms with Crippen LogP contribution < -0.4 is 0 Å². The molecule has 6 heteroatoms. The van der Waals surface area contributed by atoms with E-state index < -0.39 is 23.8 Å². The molecule has 6 nitrogen and oxygen atoms in total. The highest BCUT2D eigenvalue weighted by Crippen LogP contribution is 2.40. The maximum atomic E-state index is 12.8. The number of hydrogen-bond donors (Lipinski definition) is 0. The molecule has 1 aromatic heterocycles.